The van der Waals surface area contributed by atoms with Crippen LogP contribution in [0, 0.1) is 0 Å². The van der Waals surface area contributed by atoms with Crippen molar-refractivity contribution in [1.82, 2.24) is 15.5 Å². The van der Waals surface area contributed by atoms with Crippen LogP contribution in [0.5, 0.6) is 5.75 Å². The molecule has 2 N–H and O–H groups in total. The van der Waals surface area contributed by atoms with Gasteiger partial charge >= 0.3 is 6.01 Å². The number of nitrogens with zero attached hydrogens (tertiary/aromatic N) is 2. The van der Waals surface area contributed by atoms with Crippen molar-refractivity contribution in [3.05, 3.63) is 35.7 Å². The summed E-state index contributed by atoms with van der Waals surface area (Å²) < 4.78 is 10.8. The SMILES string of the molecule is CCCNCc1nnc(NCc2ccccc2OC)o1. The van der Waals surface area contributed by atoms with Crippen LogP contribution >= 0.6 is 0 Å². The maximum Gasteiger partial charge on any atom is 0.315 e. The smallest absolute Gasteiger partial charge is 0.315 e. The number of methoxy groups -OCH3 is 1. The monoisotopic (exact) mass is 276 g/mol. The number of aromatic nitrogens is 2. The summed E-state index contributed by atoms with van der Waals surface area (Å²) in [5.74, 6) is 1.42. The highest BCUT2D eigenvalue weighted by molar-refractivity contribution is 5.35. The minimum absolute atomic E-state index is 0.421. The molecule has 0 bridgehead atoms. The summed E-state index contributed by atoms with van der Waals surface area (Å²) in [4.78, 5) is 0. The summed E-state index contributed by atoms with van der Waals surface area (Å²) in [6.45, 7) is 4.22. The molecule has 20 heavy (non-hydrogen) atoms. The lowest BCUT2D eigenvalue weighted by atomic mass is 10.2. The Morgan fingerprint density at radius 1 is 1.20 bits per heavy atom. The molecule has 1 aromatic carbocycles. The van der Waals surface area contributed by atoms with Crippen molar-refractivity contribution in [2.75, 3.05) is 19.0 Å². The van der Waals surface area contributed by atoms with E-state index in [2.05, 4.69) is 27.8 Å². The first-order valence-corrected chi connectivity index (χ1v) is 6.72. The lowest BCUT2D eigenvalue weighted by molar-refractivity contribution is 0.410. The van der Waals surface area contributed by atoms with E-state index in [9.17, 15) is 0 Å². The van der Waals surface area contributed by atoms with Crippen molar-refractivity contribution >= 4 is 6.01 Å². The molecule has 0 radical (unpaired) electrons. The third-order valence-electron chi connectivity index (χ3n) is 2.79. The van der Waals surface area contributed by atoms with E-state index in [0.717, 1.165) is 24.3 Å². The highest BCUT2D eigenvalue weighted by atomic mass is 16.5. The first-order chi connectivity index (χ1) is 9.83. The van der Waals surface area contributed by atoms with E-state index in [1.165, 1.54) is 0 Å². The number of hydrogen-bond acceptors (Lipinski definition) is 6. The van der Waals surface area contributed by atoms with E-state index in [0.29, 0.717) is 25.0 Å². The van der Waals surface area contributed by atoms with Crippen LogP contribution in [0.15, 0.2) is 28.7 Å². The fraction of sp³-hybridized carbons (Fsp3) is 0.429. The minimum atomic E-state index is 0.421. The highest BCUT2D eigenvalue weighted by Gasteiger charge is 2.06. The molecule has 0 atom stereocenters. The van der Waals surface area contributed by atoms with E-state index in [1.54, 1.807) is 7.11 Å². The Morgan fingerprint density at radius 2 is 2.05 bits per heavy atom. The van der Waals surface area contributed by atoms with Gasteiger partial charge in [0.05, 0.1) is 13.7 Å². The first-order valence-electron chi connectivity index (χ1n) is 6.72. The third kappa shape index (κ3) is 3.96. The van der Waals surface area contributed by atoms with E-state index in [4.69, 9.17) is 9.15 Å². The summed E-state index contributed by atoms with van der Waals surface area (Å²) in [5, 5.41) is 14.2. The van der Waals surface area contributed by atoms with Crippen LogP contribution in [0.1, 0.15) is 24.8 Å². The third-order valence-corrected chi connectivity index (χ3v) is 2.79. The average molecular weight is 276 g/mol. The first kappa shape index (κ1) is 14.3. The zero-order valence-electron chi connectivity index (χ0n) is 11.8. The zero-order valence-corrected chi connectivity index (χ0v) is 11.8. The predicted molar refractivity (Wildman–Crippen MR) is 76.6 cm³/mol. The van der Waals surface area contributed by atoms with Gasteiger partial charge in [0.2, 0.25) is 5.89 Å². The molecule has 0 aliphatic carbocycles. The zero-order chi connectivity index (χ0) is 14.2. The van der Waals surface area contributed by atoms with Crippen molar-refractivity contribution in [2.45, 2.75) is 26.4 Å². The standard InChI is InChI=1S/C14H20N4O2/c1-3-8-15-10-13-17-18-14(20-13)16-9-11-6-4-5-7-12(11)19-2/h4-7,15H,3,8-10H2,1-2H3,(H,16,18). The number of rotatable bonds is 8. The van der Waals surface area contributed by atoms with Crippen molar-refractivity contribution in [3.63, 3.8) is 0 Å². The molecule has 0 unspecified atom stereocenters. The Bertz CT molecular complexity index is 527. The van der Waals surface area contributed by atoms with Crippen molar-refractivity contribution in [3.8, 4) is 5.75 Å². The molecule has 0 saturated heterocycles. The molecular weight excluding hydrogens is 256 g/mol. The molecule has 0 amide bonds. The summed E-state index contributed by atoms with van der Waals surface area (Å²) in [5.41, 5.74) is 1.04. The largest absolute Gasteiger partial charge is 0.496 e. The van der Waals surface area contributed by atoms with Gasteiger partial charge in [0.15, 0.2) is 0 Å². The number of benzene rings is 1. The molecule has 1 heterocycles. The van der Waals surface area contributed by atoms with Crippen LogP contribution in [-0.4, -0.2) is 23.9 Å². The molecule has 0 aliphatic rings. The van der Waals surface area contributed by atoms with E-state index >= 15 is 0 Å². The van der Waals surface area contributed by atoms with E-state index < -0.39 is 0 Å². The van der Waals surface area contributed by atoms with Crippen LogP contribution < -0.4 is 15.4 Å². The van der Waals surface area contributed by atoms with Crippen molar-refractivity contribution in [1.29, 1.82) is 0 Å². The highest BCUT2D eigenvalue weighted by Crippen LogP contribution is 2.18. The minimum Gasteiger partial charge on any atom is -0.496 e. The second kappa shape index (κ2) is 7.49. The maximum atomic E-state index is 5.49. The normalized spacial score (nSPS) is 10.5. The molecule has 6 heteroatoms. The average Bonchev–Trinajstić information content (AvgIpc) is 2.93. The van der Waals surface area contributed by atoms with Gasteiger partial charge in [-0.1, -0.05) is 30.2 Å². The molecule has 2 aromatic rings. The van der Waals surface area contributed by atoms with Gasteiger partial charge in [-0.3, -0.25) is 0 Å². The molecular formula is C14H20N4O2. The van der Waals surface area contributed by atoms with Gasteiger partial charge in [0.1, 0.15) is 5.75 Å². The Balaban J connectivity index is 1.87. The summed E-state index contributed by atoms with van der Waals surface area (Å²) >= 11 is 0. The molecule has 0 aliphatic heterocycles. The Morgan fingerprint density at radius 3 is 2.85 bits per heavy atom. The molecule has 0 spiro atoms. The summed E-state index contributed by atoms with van der Waals surface area (Å²) in [7, 11) is 1.66. The van der Waals surface area contributed by atoms with Gasteiger partial charge in [-0.2, -0.15) is 0 Å². The molecule has 1 aromatic heterocycles. The maximum absolute atomic E-state index is 5.49. The molecule has 108 valence electrons. The van der Waals surface area contributed by atoms with Gasteiger partial charge in [-0.05, 0) is 19.0 Å². The van der Waals surface area contributed by atoms with Crippen molar-refractivity contribution < 1.29 is 9.15 Å². The van der Waals surface area contributed by atoms with Gasteiger partial charge in [-0.15, -0.1) is 5.10 Å². The Labute approximate surface area is 118 Å². The van der Waals surface area contributed by atoms with Gasteiger partial charge < -0.3 is 19.8 Å². The topological polar surface area (TPSA) is 72.2 Å². The molecule has 2 rings (SSSR count). The fourth-order valence-electron chi connectivity index (χ4n) is 1.79. The van der Waals surface area contributed by atoms with Gasteiger partial charge in [-0.25, -0.2) is 0 Å². The van der Waals surface area contributed by atoms with Crippen LogP contribution in [0.25, 0.3) is 0 Å². The Hall–Kier alpha value is -2.08. The number of anilines is 1. The van der Waals surface area contributed by atoms with Gasteiger partial charge in [0, 0.05) is 12.1 Å². The number of nitrogens with one attached hydrogen (secondary N) is 2. The Kier molecular flexibility index (Phi) is 5.37. The lowest BCUT2D eigenvalue weighted by Crippen LogP contribution is -2.13. The molecule has 0 fully saturated rings. The summed E-state index contributed by atoms with van der Waals surface area (Å²) in [6.07, 6.45) is 1.08. The number of ether oxygens (including phenoxy) is 1. The van der Waals surface area contributed by atoms with Crippen molar-refractivity contribution in [2.24, 2.45) is 0 Å². The lowest BCUT2D eigenvalue weighted by Gasteiger charge is -2.07. The number of para-hydroxylation sites is 1. The van der Waals surface area contributed by atoms with E-state index in [-0.39, 0.29) is 0 Å². The number of hydrogen-bond donors (Lipinski definition) is 2. The second-order valence-electron chi connectivity index (χ2n) is 4.34. The second-order valence-corrected chi connectivity index (χ2v) is 4.34. The van der Waals surface area contributed by atoms with E-state index in [1.807, 2.05) is 24.3 Å². The quantitative estimate of drug-likeness (QED) is 0.720. The molecule has 0 saturated carbocycles. The summed E-state index contributed by atoms with van der Waals surface area (Å²) in [6, 6.07) is 8.24. The van der Waals surface area contributed by atoms with Crippen LogP contribution in [-0.2, 0) is 13.1 Å². The van der Waals surface area contributed by atoms with Gasteiger partial charge in [0.25, 0.3) is 0 Å². The van der Waals surface area contributed by atoms with Crippen LogP contribution in [0.2, 0.25) is 0 Å². The fourth-order valence-corrected chi connectivity index (χ4v) is 1.79. The van der Waals surface area contributed by atoms with Crippen LogP contribution in [0.3, 0.4) is 0 Å². The predicted octanol–water partition coefficient (Wildman–Crippen LogP) is 2.19. The molecule has 6 nitrogen and oxygen atoms in total. The van der Waals surface area contributed by atoms with Crippen LogP contribution in [0.4, 0.5) is 6.01 Å².